The van der Waals surface area contributed by atoms with Crippen LogP contribution in [0, 0.1) is 0 Å². The van der Waals surface area contributed by atoms with Gasteiger partial charge in [0.2, 0.25) is 5.76 Å². The molecule has 6 nitrogen and oxygen atoms in total. The van der Waals surface area contributed by atoms with Crippen LogP contribution < -0.4 is 19.8 Å². The summed E-state index contributed by atoms with van der Waals surface area (Å²) in [7, 11) is 1.58. The van der Waals surface area contributed by atoms with Crippen molar-refractivity contribution in [1.82, 2.24) is 0 Å². The van der Waals surface area contributed by atoms with Crippen molar-refractivity contribution in [2.45, 2.75) is 25.8 Å². The molecule has 4 aromatic rings. The summed E-state index contributed by atoms with van der Waals surface area (Å²) in [6.45, 7) is 2.74. The zero-order valence-corrected chi connectivity index (χ0v) is 20.2. The van der Waals surface area contributed by atoms with Crippen molar-refractivity contribution in [3.05, 3.63) is 98.9 Å². The molecule has 7 heteroatoms. The van der Waals surface area contributed by atoms with Gasteiger partial charge in [0.25, 0.3) is 5.91 Å². The Balaban J connectivity index is 1.66. The quantitative estimate of drug-likeness (QED) is 0.281. The maximum Gasteiger partial charge on any atom is 0.295 e. The largest absolute Gasteiger partial charge is 0.497 e. The highest BCUT2D eigenvalue weighted by molar-refractivity contribution is 6.31. The Hall–Kier alpha value is -3.77. The van der Waals surface area contributed by atoms with Gasteiger partial charge in [0.1, 0.15) is 17.1 Å². The van der Waals surface area contributed by atoms with Crippen LogP contribution in [0.25, 0.3) is 11.0 Å². The van der Waals surface area contributed by atoms with Crippen molar-refractivity contribution in [2.24, 2.45) is 0 Å². The number of hydrogen-bond donors (Lipinski definition) is 0. The van der Waals surface area contributed by atoms with E-state index in [0.717, 1.165) is 24.2 Å². The number of rotatable bonds is 7. The normalized spacial score (nSPS) is 14.9. The van der Waals surface area contributed by atoms with Crippen LogP contribution in [-0.2, 0) is 0 Å². The van der Waals surface area contributed by atoms with E-state index in [9.17, 15) is 9.59 Å². The van der Waals surface area contributed by atoms with Crippen LogP contribution in [0.4, 0.5) is 5.69 Å². The number of hydrogen-bond acceptors (Lipinski definition) is 5. The summed E-state index contributed by atoms with van der Waals surface area (Å²) < 4.78 is 17.1. The second-order valence-corrected chi connectivity index (χ2v) is 8.80. The molecular formula is C28H24ClNO5. The molecular weight excluding hydrogens is 466 g/mol. The molecule has 1 aliphatic rings. The van der Waals surface area contributed by atoms with E-state index < -0.39 is 6.04 Å². The summed E-state index contributed by atoms with van der Waals surface area (Å²) in [6.07, 6.45) is 2.01. The first-order valence-electron chi connectivity index (χ1n) is 11.5. The second-order valence-electron chi connectivity index (χ2n) is 8.36. The molecule has 2 heterocycles. The van der Waals surface area contributed by atoms with Crippen LogP contribution in [0.5, 0.6) is 11.5 Å². The predicted octanol–water partition coefficient (Wildman–Crippen LogP) is 6.38. The van der Waals surface area contributed by atoms with Gasteiger partial charge in [-0.2, -0.15) is 0 Å². The molecule has 0 spiro atoms. The summed E-state index contributed by atoms with van der Waals surface area (Å²) >= 11 is 6.16. The van der Waals surface area contributed by atoms with Crippen LogP contribution in [0.2, 0.25) is 5.02 Å². The van der Waals surface area contributed by atoms with E-state index in [4.69, 9.17) is 25.5 Å². The number of carbonyl (C=O) groups is 1. The molecule has 0 bridgehead atoms. The third-order valence-corrected chi connectivity index (χ3v) is 6.38. The van der Waals surface area contributed by atoms with Crippen molar-refractivity contribution >= 4 is 34.2 Å². The first-order valence-corrected chi connectivity index (χ1v) is 11.9. The molecule has 35 heavy (non-hydrogen) atoms. The monoisotopic (exact) mass is 489 g/mol. The van der Waals surface area contributed by atoms with Gasteiger partial charge in [-0.15, -0.1) is 0 Å². The molecule has 0 saturated carbocycles. The molecule has 0 N–H and O–H groups in total. The average molecular weight is 490 g/mol. The van der Waals surface area contributed by atoms with Crippen molar-refractivity contribution in [1.29, 1.82) is 0 Å². The minimum absolute atomic E-state index is 0.0360. The summed E-state index contributed by atoms with van der Waals surface area (Å²) in [5, 5.41) is 0.761. The zero-order chi connectivity index (χ0) is 24.5. The fourth-order valence-corrected chi connectivity index (χ4v) is 4.52. The molecule has 1 unspecified atom stereocenters. The number of methoxy groups -OCH3 is 1. The van der Waals surface area contributed by atoms with E-state index in [1.807, 2.05) is 24.3 Å². The van der Waals surface area contributed by atoms with Crippen molar-refractivity contribution < 1.29 is 18.7 Å². The van der Waals surface area contributed by atoms with Crippen molar-refractivity contribution in [2.75, 3.05) is 18.6 Å². The topological polar surface area (TPSA) is 69.0 Å². The van der Waals surface area contributed by atoms with Crippen LogP contribution in [-0.4, -0.2) is 19.6 Å². The molecule has 0 radical (unpaired) electrons. The minimum atomic E-state index is -0.671. The zero-order valence-electron chi connectivity index (χ0n) is 19.4. The van der Waals surface area contributed by atoms with E-state index in [1.165, 1.54) is 0 Å². The number of amides is 1. The molecule has 5 rings (SSSR count). The lowest BCUT2D eigenvalue weighted by Gasteiger charge is -2.25. The van der Waals surface area contributed by atoms with E-state index >= 15 is 0 Å². The van der Waals surface area contributed by atoms with Gasteiger partial charge in [0, 0.05) is 10.7 Å². The maximum atomic E-state index is 13.7. The molecule has 1 aliphatic heterocycles. The third-order valence-electron chi connectivity index (χ3n) is 6.15. The lowest BCUT2D eigenvalue weighted by Crippen LogP contribution is -2.29. The summed E-state index contributed by atoms with van der Waals surface area (Å²) in [4.78, 5) is 28.9. The maximum absolute atomic E-state index is 13.7. The SMILES string of the molecule is CCCCOc1ccc(C2c3c(oc4ccc(Cl)cc4c3=O)C(=O)N2c2ccc(OC)cc2)cc1. The standard InChI is InChI=1S/C28H24ClNO5/c1-3-4-15-34-21-10-5-17(6-11-21)25-24-26(31)22-16-18(29)7-14-23(22)35-27(24)28(32)30(25)19-8-12-20(33-2)13-9-19/h5-14,16,25H,3-4,15H2,1-2H3. The number of carbonyl (C=O) groups excluding carboxylic acids is 1. The average Bonchev–Trinajstić information content (AvgIpc) is 3.17. The molecule has 1 amide bonds. The Labute approximate surface area is 207 Å². The lowest BCUT2D eigenvalue weighted by atomic mass is 9.98. The molecule has 1 atom stereocenters. The van der Waals surface area contributed by atoms with Crippen LogP contribution in [0.3, 0.4) is 0 Å². The van der Waals surface area contributed by atoms with Gasteiger partial charge in [0.05, 0.1) is 30.7 Å². The number of unbranched alkanes of at least 4 members (excludes halogenated alkanes) is 1. The number of fused-ring (bicyclic) bond motifs is 2. The number of halogens is 1. The molecule has 1 aromatic heterocycles. The van der Waals surface area contributed by atoms with Gasteiger partial charge in [-0.25, -0.2) is 0 Å². The lowest BCUT2D eigenvalue weighted by molar-refractivity contribution is 0.0971. The van der Waals surface area contributed by atoms with Gasteiger partial charge in [-0.1, -0.05) is 37.1 Å². The Morgan fingerprint density at radius 2 is 1.69 bits per heavy atom. The third kappa shape index (κ3) is 4.15. The Morgan fingerprint density at radius 3 is 2.37 bits per heavy atom. The van der Waals surface area contributed by atoms with E-state index in [0.29, 0.717) is 39.6 Å². The van der Waals surface area contributed by atoms with Gasteiger partial charge in [-0.05, 0) is 66.6 Å². The highest BCUT2D eigenvalue weighted by atomic mass is 35.5. The number of nitrogens with zero attached hydrogens (tertiary/aromatic N) is 1. The molecule has 0 saturated heterocycles. The van der Waals surface area contributed by atoms with Crippen molar-refractivity contribution in [3.63, 3.8) is 0 Å². The number of ether oxygens (including phenoxy) is 2. The van der Waals surface area contributed by atoms with Gasteiger partial charge in [-0.3, -0.25) is 14.5 Å². The van der Waals surface area contributed by atoms with E-state index in [1.54, 1.807) is 54.5 Å². The molecule has 0 fully saturated rings. The Morgan fingerprint density at radius 1 is 0.971 bits per heavy atom. The van der Waals surface area contributed by atoms with E-state index in [-0.39, 0.29) is 17.1 Å². The van der Waals surface area contributed by atoms with Crippen LogP contribution >= 0.6 is 11.6 Å². The predicted molar refractivity (Wildman–Crippen MR) is 136 cm³/mol. The fourth-order valence-electron chi connectivity index (χ4n) is 4.35. The van der Waals surface area contributed by atoms with Gasteiger partial charge < -0.3 is 13.9 Å². The molecule has 178 valence electrons. The van der Waals surface area contributed by atoms with Crippen LogP contribution in [0.1, 0.15) is 47.5 Å². The highest BCUT2D eigenvalue weighted by Gasteiger charge is 2.43. The smallest absolute Gasteiger partial charge is 0.295 e. The molecule has 0 aliphatic carbocycles. The summed E-state index contributed by atoms with van der Waals surface area (Å²) in [6, 6.07) is 18.8. The Kier molecular flexibility index (Phi) is 6.22. The summed E-state index contributed by atoms with van der Waals surface area (Å²) in [5.74, 6) is 1.05. The number of benzene rings is 3. The minimum Gasteiger partial charge on any atom is -0.497 e. The van der Waals surface area contributed by atoms with Crippen LogP contribution in [0.15, 0.2) is 75.9 Å². The first-order chi connectivity index (χ1) is 17.0. The van der Waals surface area contributed by atoms with Crippen molar-refractivity contribution in [3.8, 4) is 11.5 Å². The summed E-state index contributed by atoms with van der Waals surface area (Å²) in [5.41, 5.74) is 1.73. The Bertz CT molecular complexity index is 1440. The number of anilines is 1. The second kappa shape index (κ2) is 9.47. The fraction of sp³-hybridized carbons (Fsp3) is 0.214. The van der Waals surface area contributed by atoms with E-state index in [2.05, 4.69) is 6.92 Å². The van der Waals surface area contributed by atoms with Gasteiger partial charge >= 0.3 is 0 Å². The highest BCUT2D eigenvalue weighted by Crippen LogP contribution is 2.42. The first kappa shape index (κ1) is 23.0. The van der Waals surface area contributed by atoms with Gasteiger partial charge in [0.15, 0.2) is 5.43 Å². The molecule has 3 aromatic carbocycles.